The van der Waals surface area contributed by atoms with Gasteiger partial charge in [0.05, 0.1) is 12.8 Å². The van der Waals surface area contributed by atoms with Crippen LogP contribution in [0.3, 0.4) is 0 Å². The number of rotatable bonds is 5. The SMILES string of the molecule is COc1ccc(Cl)cc1NCc1ccsc1C(=O)O. The number of nitrogens with one attached hydrogen (secondary N) is 1. The number of thiophene rings is 1. The van der Waals surface area contributed by atoms with Crippen LogP contribution in [0, 0.1) is 0 Å². The second kappa shape index (κ2) is 5.95. The van der Waals surface area contributed by atoms with Crippen LogP contribution in [0.25, 0.3) is 0 Å². The fourth-order valence-corrected chi connectivity index (χ4v) is 2.60. The van der Waals surface area contributed by atoms with E-state index in [2.05, 4.69) is 5.32 Å². The number of halogens is 1. The lowest BCUT2D eigenvalue weighted by atomic mass is 10.2. The van der Waals surface area contributed by atoms with Crippen molar-refractivity contribution >= 4 is 34.6 Å². The second-order valence-corrected chi connectivity index (χ2v) is 5.13. The summed E-state index contributed by atoms with van der Waals surface area (Å²) in [4.78, 5) is 11.3. The third kappa shape index (κ3) is 3.19. The minimum atomic E-state index is -0.912. The number of hydrogen-bond donors (Lipinski definition) is 2. The molecule has 0 spiro atoms. The Bertz CT molecular complexity index is 597. The minimum Gasteiger partial charge on any atom is -0.495 e. The highest BCUT2D eigenvalue weighted by atomic mass is 35.5. The molecule has 1 aromatic carbocycles. The fraction of sp³-hybridized carbons (Fsp3) is 0.154. The van der Waals surface area contributed by atoms with Crippen LogP contribution in [-0.2, 0) is 6.54 Å². The Morgan fingerprint density at radius 2 is 2.26 bits per heavy atom. The first kappa shape index (κ1) is 13.7. The Morgan fingerprint density at radius 3 is 2.95 bits per heavy atom. The fourth-order valence-electron chi connectivity index (χ4n) is 1.67. The molecule has 1 aromatic heterocycles. The van der Waals surface area contributed by atoms with Crippen LogP contribution < -0.4 is 10.1 Å². The predicted molar refractivity (Wildman–Crippen MR) is 76.6 cm³/mol. The van der Waals surface area contributed by atoms with Crippen LogP contribution in [0.5, 0.6) is 5.75 Å². The van der Waals surface area contributed by atoms with Crippen LogP contribution in [0.15, 0.2) is 29.6 Å². The molecule has 100 valence electrons. The van der Waals surface area contributed by atoms with Crippen molar-refractivity contribution in [1.82, 2.24) is 0 Å². The normalized spacial score (nSPS) is 10.2. The van der Waals surface area contributed by atoms with E-state index in [1.54, 1.807) is 36.8 Å². The van der Waals surface area contributed by atoms with E-state index in [1.165, 1.54) is 11.3 Å². The van der Waals surface area contributed by atoms with Crippen LogP contribution >= 0.6 is 22.9 Å². The van der Waals surface area contributed by atoms with Gasteiger partial charge in [0.1, 0.15) is 10.6 Å². The van der Waals surface area contributed by atoms with E-state index >= 15 is 0 Å². The van der Waals surface area contributed by atoms with E-state index in [0.717, 1.165) is 11.3 Å². The van der Waals surface area contributed by atoms with Gasteiger partial charge < -0.3 is 15.2 Å². The molecule has 19 heavy (non-hydrogen) atoms. The number of carbonyl (C=O) groups is 1. The number of carboxylic acid groups (broad SMARTS) is 1. The first-order valence-corrected chi connectivity index (χ1v) is 6.74. The zero-order chi connectivity index (χ0) is 13.8. The largest absolute Gasteiger partial charge is 0.495 e. The molecular formula is C13H12ClNO3S. The highest BCUT2D eigenvalue weighted by Crippen LogP contribution is 2.28. The van der Waals surface area contributed by atoms with Gasteiger partial charge in [0.2, 0.25) is 0 Å². The molecule has 0 atom stereocenters. The van der Waals surface area contributed by atoms with Crippen LogP contribution in [0.4, 0.5) is 5.69 Å². The summed E-state index contributed by atoms with van der Waals surface area (Å²) in [5.74, 6) is -0.249. The molecule has 6 heteroatoms. The van der Waals surface area contributed by atoms with E-state index < -0.39 is 5.97 Å². The Kier molecular flexibility index (Phi) is 4.29. The molecule has 0 fully saturated rings. The van der Waals surface area contributed by atoms with Crippen molar-refractivity contribution in [2.75, 3.05) is 12.4 Å². The first-order valence-electron chi connectivity index (χ1n) is 5.49. The summed E-state index contributed by atoms with van der Waals surface area (Å²) in [6, 6.07) is 7.03. The maximum atomic E-state index is 11.0. The third-order valence-corrected chi connectivity index (χ3v) is 3.75. The van der Waals surface area contributed by atoms with Gasteiger partial charge in [-0.25, -0.2) is 4.79 Å². The quantitative estimate of drug-likeness (QED) is 0.883. The lowest BCUT2D eigenvalue weighted by Crippen LogP contribution is -2.05. The molecule has 0 unspecified atom stereocenters. The van der Waals surface area contributed by atoms with Crippen molar-refractivity contribution in [2.24, 2.45) is 0 Å². The average Bonchev–Trinajstić information content (AvgIpc) is 2.85. The van der Waals surface area contributed by atoms with E-state index in [9.17, 15) is 4.79 Å². The molecule has 0 aliphatic heterocycles. The van der Waals surface area contributed by atoms with Crippen molar-refractivity contribution in [3.05, 3.63) is 45.1 Å². The Hall–Kier alpha value is -1.72. The van der Waals surface area contributed by atoms with Gasteiger partial charge in [0.15, 0.2) is 0 Å². The number of carboxylic acids is 1. The molecule has 0 saturated carbocycles. The summed E-state index contributed by atoms with van der Waals surface area (Å²) >= 11 is 7.14. The van der Waals surface area contributed by atoms with Crippen molar-refractivity contribution in [3.63, 3.8) is 0 Å². The van der Waals surface area contributed by atoms with Crippen LogP contribution in [0.2, 0.25) is 5.02 Å². The lowest BCUT2D eigenvalue weighted by molar-refractivity contribution is 0.0701. The maximum Gasteiger partial charge on any atom is 0.346 e. The Labute approximate surface area is 119 Å². The minimum absolute atomic E-state index is 0.341. The van der Waals surface area contributed by atoms with E-state index in [0.29, 0.717) is 22.2 Å². The average molecular weight is 298 g/mol. The Morgan fingerprint density at radius 1 is 1.47 bits per heavy atom. The number of benzene rings is 1. The summed E-state index contributed by atoms with van der Waals surface area (Å²) in [5.41, 5.74) is 1.47. The summed E-state index contributed by atoms with van der Waals surface area (Å²) in [6.45, 7) is 0.405. The van der Waals surface area contributed by atoms with Gasteiger partial charge in [-0.15, -0.1) is 11.3 Å². The first-order chi connectivity index (χ1) is 9.11. The van der Waals surface area contributed by atoms with Crippen molar-refractivity contribution in [2.45, 2.75) is 6.54 Å². The number of hydrogen-bond acceptors (Lipinski definition) is 4. The van der Waals surface area contributed by atoms with Gasteiger partial charge in [-0.05, 0) is 35.2 Å². The topological polar surface area (TPSA) is 58.6 Å². The highest BCUT2D eigenvalue weighted by molar-refractivity contribution is 7.12. The van der Waals surface area contributed by atoms with Gasteiger partial charge in [0, 0.05) is 11.6 Å². The summed E-state index contributed by atoms with van der Waals surface area (Å²) in [5, 5.41) is 14.5. The van der Waals surface area contributed by atoms with Gasteiger partial charge in [-0.1, -0.05) is 11.6 Å². The molecule has 1 heterocycles. The van der Waals surface area contributed by atoms with Crippen molar-refractivity contribution < 1.29 is 14.6 Å². The van der Waals surface area contributed by atoms with Gasteiger partial charge in [-0.3, -0.25) is 0 Å². The maximum absolute atomic E-state index is 11.0. The molecule has 0 radical (unpaired) electrons. The van der Waals surface area contributed by atoms with E-state index in [4.69, 9.17) is 21.4 Å². The Balaban J connectivity index is 2.16. The van der Waals surface area contributed by atoms with Gasteiger partial charge in [-0.2, -0.15) is 0 Å². The van der Waals surface area contributed by atoms with Crippen molar-refractivity contribution in [1.29, 1.82) is 0 Å². The summed E-state index contributed by atoms with van der Waals surface area (Å²) in [7, 11) is 1.57. The summed E-state index contributed by atoms with van der Waals surface area (Å²) < 4.78 is 5.21. The zero-order valence-corrected chi connectivity index (χ0v) is 11.7. The molecule has 0 aliphatic carbocycles. The monoisotopic (exact) mass is 297 g/mol. The number of aromatic carboxylic acids is 1. The number of ether oxygens (including phenoxy) is 1. The smallest absolute Gasteiger partial charge is 0.346 e. The van der Waals surface area contributed by atoms with Gasteiger partial charge >= 0.3 is 5.97 Å². The van der Waals surface area contributed by atoms with E-state index in [1.807, 2.05) is 0 Å². The molecular weight excluding hydrogens is 286 g/mol. The second-order valence-electron chi connectivity index (χ2n) is 3.78. The lowest BCUT2D eigenvalue weighted by Gasteiger charge is -2.11. The van der Waals surface area contributed by atoms with Crippen LogP contribution in [-0.4, -0.2) is 18.2 Å². The molecule has 0 aliphatic rings. The molecule has 0 saturated heterocycles. The molecule has 2 rings (SSSR count). The molecule has 0 amide bonds. The number of anilines is 1. The third-order valence-electron chi connectivity index (χ3n) is 2.57. The standard InChI is InChI=1S/C13H12ClNO3S/c1-18-11-3-2-9(14)6-10(11)15-7-8-4-5-19-12(8)13(16)17/h2-6,15H,7H2,1H3,(H,16,17). The van der Waals surface area contributed by atoms with E-state index in [-0.39, 0.29) is 0 Å². The van der Waals surface area contributed by atoms with Crippen molar-refractivity contribution in [3.8, 4) is 5.75 Å². The molecule has 0 bridgehead atoms. The highest BCUT2D eigenvalue weighted by Gasteiger charge is 2.12. The zero-order valence-electron chi connectivity index (χ0n) is 10.1. The molecule has 4 nitrogen and oxygen atoms in total. The number of methoxy groups -OCH3 is 1. The molecule has 2 N–H and O–H groups in total. The van der Waals surface area contributed by atoms with Gasteiger partial charge in [0.25, 0.3) is 0 Å². The molecule has 2 aromatic rings. The predicted octanol–water partition coefficient (Wildman–Crippen LogP) is 3.72. The van der Waals surface area contributed by atoms with Crippen LogP contribution in [0.1, 0.15) is 15.2 Å². The summed E-state index contributed by atoms with van der Waals surface area (Å²) in [6.07, 6.45) is 0.